The molecule has 186 valence electrons. The van der Waals surface area contributed by atoms with Gasteiger partial charge in [0.25, 0.3) is 0 Å². The summed E-state index contributed by atoms with van der Waals surface area (Å²) in [5.41, 5.74) is -1.07. The van der Waals surface area contributed by atoms with E-state index in [1.165, 1.54) is 11.3 Å². The number of anilines is 2. The van der Waals surface area contributed by atoms with E-state index in [0.29, 0.717) is 11.4 Å². The van der Waals surface area contributed by atoms with Gasteiger partial charge in [-0.05, 0) is 44.0 Å². The van der Waals surface area contributed by atoms with Gasteiger partial charge in [-0.25, -0.2) is 0 Å². The van der Waals surface area contributed by atoms with Gasteiger partial charge in [0, 0.05) is 17.9 Å². The van der Waals surface area contributed by atoms with Gasteiger partial charge in [-0.1, -0.05) is 49.6 Å². The Bertz CT molecular complexity index is 1210. The quantitative estimate of drug-likeness (QED) is 0.632. The Hall–Kier alpha value is -3.52. The van der Waals surface area contributed by atoms with Crippen LogP contribution in [0.2, 0.25) is 0 Å². The fourth-order valence-electron chi connectivity index (χ4n) is 6.58. The predicted octanol–water partition coefficient (Wildman–Crippen LogP) is 3.21. The zero-order valence-electron chi connectivity index (χ0n) is 20.2. The van der Waals surface area contributed by atoms with Crippen molar-refractivity contribution in [2.24, 2.45) is 11.8 Å². The van der Waals surface area contributed by atoms with Crippen LogP contribution in [0.5, 0.6) is 0 Å². The van der Waals surface area contributed by atoms with E-state index in [1.807, 2.05) is 37.3 Å². The van der Waals surface area contributed by atoms with E-state index in [-0.39, 0.29) is 23.8 Å². The van der Waals surface area contributed by atoms with Crippen LogP contribution in [0.25, 0.3) is 0 Å². The number of rotatable bonds is 5. The number of benzene rings is 1. The summed E-state index contributed by atoms with van der Waals surface area (Å²) in [6.45, 7) is 1.82. The fraction of sp³-hybridized carbons (Fsp3) is 0.429. The molecule has 0 radical (unpaired) electrons. The number of nitrogens with one attached hydrogen (secondary N) is 2. The van der Waals surface area contributed by atoms with Crippen LogP contribution in [0.4, 0.5) is 11.4 Å². The average Bonchev–Trinajstić information content (AvgIpc) is 3.46. The van der Waals surface area contributed by atoms with E-state index in [0.717, 1.165) is 25.7 Å². The third-order valence-corrected chi connectivity index (χ3v) is 8.15. The first-order valence-electron chi connectivity index (χ1n) is 12.7. The standard InChI is InChI=1S/C28H30N4O4/c1-27-14-15-28(36-27)22(21(27)24(33)30-18-9-4-2-5-10-18)26(35)32(20-13-8-16-29-17-20)23(28)25(34)31-19-11-6-3-7-12-19/h2,4-5,8-10,13-17,19,21-23H,3,6-7,11-12H2,1H3,(H,30,33)(H,31,34)/t21-,22-,23+,27-,28+/m0/s1. The molecule has 36 heavy (non-hydrogen) atoms. The van der Waals surface area contributed by atoms with E-state index in [1.54, 1.807) is 36.7 Å². The summed E-state index contributed by atoms with van der Waals surface area (Å²) in [6, 6.07) is 11.8. The van der Waals surface area contributed by atoms with Crippen LogP contribution < -0.4 is 15.5 Å². The minimum absolute atomic E-state index is 0.0721. The molecule has 4 aliphatic rings. The lowest BCUT2D eigenvalue weighted by Crippen LogP contribution is -2.56. The van der Waals surface area contributed by atoms with Gasteiger partial charge in [-0.15, -0.1) is 0 Å². The van der Waals surface area contributed by atoms with Crippen molar-refractivity contribution >= 4 is 29.1 Å². The van der Waals surface area contributed by atoms with Crippen molar-refractivity contribution in [1.29, 1.82) is 0 Å². The lowest BCUT2D eigenvalue weighted by Gasteiger charge is -2.34. The van der Waals surface area contributed by atoms with E-state index < -0.39 is 29.1 Å². The summed E-state index contributed by atoms with van der Waals surface area (Å²) in [7, 11) is 0. The molecule has 0 unspecified atom stereocenters. The number of para-hydroxylation sites is 1. The molecule has 3 fully saturated rings. The Balaban J connectivity index is 1.39. The fourth-order valence-corrected chi connectivity index (χ4v) is 6.58. The second-order valence-electron chi connectivity index (χ2n) is 10.4. The van der Waals surface area contributed by atoms with Gasteiger partial charge in [0.2, 0.25) is 17.7 Å². The molecule has 1 spiro atoms. The number of hydrogen-bond acceptors (Lipinski definition) is 5. The molecule has 2 aromatic rings. The molecule has 4 heterocycles. The molecular formula is C28H30N4O4. The molecule has 3 aliphatic heterocycles. The molecular weight excluding hydrogens is 456 g/mol. The molecule has 1 aromatic heterocycles. The van der Waals surface area contributed by atoms with E-state index in [4.69, 9.17) is 4.74 Å². The summed E-state index contributed by atoms with van der Waals surface area (Å²) in [4.78, 5) is 47.3. The topological polar surface area (TPSA) is 101 Å². The third-order valence-electron chi connectivity index (χ3n) is 8.15. The van der Waals surface area contributed by atoms with Crippen molar-refractivity contribution in [3.8, 4) is 0 Å². The summed E-state index contributed by atoms with van der Waals surface area (Å²) in [6.07, 6.45) is 12.1. The third kappa shape index (κ3) is 3.46. The van der Waals surface area contributed by atoms with Crippen LogP contribution in [0.15, 0.2) is 67.0 Å². The maximum absolute atomic E-state index is 14.1. The minimum atomic E-state index is -1.24. The number of pyridine rings is 1. The molecule has 8 nitrogen and oxygen atoms in total. The SMILES string of the molecule is C[C@@]12C=C[C@@]3(O1)[C@H](C(=O)N(c1cccnc1)[C@@H]3C(=O)NC1CCCCC1)[C@H]2C(=O)Nc1ccccc1. The number of carbonyl (C=O) groups excluding carboxylic acids is 3. The maximum Gasteiger partial charge on any atom is 0.246 e. The maximum atomic E-state index is 14.1. The zero-order chi connectivity index (χ0) is 24.9. The summed E-state index contributed by atoms with van der Waals surface area (Å²) < 4.78 is 6.57. The van der Waals surface area contributed by atoms with Crippen molar-refractivity contribution in [3.63, 3.8) is 0 Å². The highest BCUT2D eigenvalue weighted by Gasteiger charge is 2.76. The Labute approximate surface area is 210 Å². The van der Waals surface area contributed by atoms with E-state index >= 15 is 0 Å². The summed E-state index contributed by atoms with van der Waals surface area (Å²) >= 11 is 0. The Morgan fingerprint density at radius 3 is 2.53 bits per heavy atom. The smallest absolute Gasteiger partial charge is 0.246 e. The van der Waals surface area contributed by atoms with Gasteiger partial charge >= 0.3 is 0 Å². The van der Waals surface area contributed by atoms with Gasteiger partial charge < -0.3 is 15.4 Å². The Morgan fingerprint density at radius 1 is 1.03 bits per heavy atom. The largest absolute Gasteiger partial charge is 0.356 e. The van der Waals surface area contributed by atoms with Gasteiger partial charge in [-0.3, -0.25) is 24.3 Å². The van der Waals surface area contributed by atoms with Gasteiger partial charge in [0.15, 0.2) is 0 Å². The molecule has 3 amide bonds. The number of fused-ring (bicyclic) bond motifs is 1. The molecule has 2 bridgehead atoms. The Kier molecular flexibility index (Phi) is 5.44. The first-order valence-corrected chi connectivity index (χ1v) is 12.7. The summed E-state index contributed by atoms with van der Waals surface area (Å²) in [5, 5.41) is 6.15. The van der Waals surface area contributed by atoms with E-state index in [2.05, 4.69) is 15.6 Å². The molecule has 5 atom stereocenters. The van der Waals surface area contributed by atoms with Crippen LogP contribution in [0.3, 0.4) is 0 Å². The average molecular weight is 487 g/mol. The molecule has 2 saturated heterocycles. The van der Waals surface area contributed by atoms with Crippen LogP contribution in [0, 0.1) is 11.8 Å². The number of ether oxygens (including phenoxy) is 1. The van der Waals surface area contributed by atoms with Crippen molar-refractivity contribution < 1.29 is 19.1 Å². The van der Waals surface area contributed by atoms with Crippen molar-refractivity contribution in [2.75, 3.05) is 10.2 Å². The van der Waals surface area contributed by atoms with Crippen LogP contribution >= 0.6 is 0 Å². The summed E-state index contributed by atoms with van der Waals surface area (Å²) in [5.74, 6) is -2.47. The Morgan fingerprint density at radius 2 is 1.81 bits per heavy atom. The molecule has 1 aliphatic carbocycles. The van der Waals surface area contributed by atoms with Crippen LogP contribution in [0.1, 0.15) is 39.0 Å². The lowest BCUT2D eigenvalue weighted by atomic mass is 9.70. The second-order valence-corrected chi connectivity index (χ2v) is 10.4. The highest BCUT2D eigenvalue weighted by atomic mass is 16.5. The number of hydrogen-bond donors (Lipinski definition) is 2. The molecule has 8 heteroatoms. The minimum Gasteiger partial charge on any atom is -0.356 e. The number of nitrogens with zero attached hydrogens (tertiary/aromatic N) is 2. The zero-order valence-corrected chi connectivity index (χ0v) is 20.2. The highest BCUT2D eigenvalue weighted by Crippen LogP contribution is 2.60. The highest BCUT2D eigenvalue weighted by molar-refractivity contribution is 6.11. The van der Waals surface area contributed by atoms with Gasteiger partial charge in [0.1, 0.15) is 11.6 Å². The molecule has 2 N–H and O–H groups in total. The predicted molar refractivity (Wildman–Crippen MR) is 134 cm³/mol. The number of amides is 3. The number of carbonyl (C=O) groups is 3. The molecule has 1 saturated carbocycles. The van der Waals surface area contributed by atoms with Crippen molar-refractivity contribution in [3.05, 3.63) is 67.0 Å². The van der Waals surface area contributed by atoms with Crippen molar-refractivity contribution in [1.82, 2.24) is 10.3 Å². The molecule has 1 aromatic carbocycles. The number of aromatic nitrogens is 1. The molecule has 6 rings (SSSR count). The second kappa shape index (κ2) is 8.55. The monoisotopic (exact) mass is 486 g/mol. The van der Waals surface area contributed by atoms with Crippen LogP contribution in [-0.2, 0) is 19.1 Å². The normalized spacial score (nSPS) is 33.0. The van der Waals surface area contributed by atoms with Crippen LogP contribution in [-0.4, -0.2) is 46.0 Å². The lowest BCUT2D eigenvalue weighted by molar-refractivity contribution is -0.131. The first kappa shape index (κ1) is 22.9. The van der Waals surface area contributed by atoms with Gasteiger partial charge in [-0.2, -0.15) is 0 Å². The van der Waals surface area contributed by atoms with E-state index in [9.17, 15) is 14.4 Å². The first-order chi connectivity index (χ1) is 17.4. The van der Waals surface area contributed by atoms with Gasteiger partial charge in [0.05, 0.1) is 29.3 Å². The van der Waals surface area contributed by atoms with Crippen molar-refractivity contribution in [2.45, 2.75) is 62.3 Å².